The molecule has 2 heterocycles. The standard InChI is InChI=1S/C9H16N4S2/c10-8-12-13-9(15-8)14-6-4-7-3-1-2-5-11-7/h7,11H,1-6H2,(H2,10,12). The van der Waals surface area contributed by atoms with Gasteiger partial charge in [-0.15, -0.1) is 10.2 Å². The number of nitrogen functional groups attached to an aromatic ring is 1. The quantitative estimate of drug-likeness (QED) is 0.790. The molecule has 84 valence electrons. The molecule has 0 bridgehead atoms. The summed E-state index contributed by atoms with van der Waals surface area (Å²) in [7, 11) is 0. The Hall–Kier alpha value is -0.330. The molecular weight excluding hydrogens is 228 g/mol. The van der Waals surface area contributed by atoms with Crippen molar-refractivity contribution < 1.29 is 0 Å². The van der Waals surface area contributed by atoms with E-state index in [9.17, 15) is 0 Å². The van der Waals surface area contributed by atoms with Crippen molar-refractivity contribution in [3.05, 3.63) is 0 Å². The molecule has 1 aromatic rings. The topological polar surface area (TPSA) is 63.8 Å². The van der Waals surface area contributed by atoms with Crippen molar-refractivity contribution in [2.45, 2.75) is 36.1 Å². The van der Waals surface area contributed by atoms with Crippen LogP contribution in [-0.4, -0.2) is 28.5 Å². The first-order chi connectivity index (χ1) is 7.34. The summed E-state index contributed by atoms with van der Waals surface area (Å²) in [4.78, 5) is 0. The molecule has 0 radical (unpaired) electrons. The predicted octanol–water partition coefficient (Wildman–Crippen LogP) is 1.74. The second kappa shape index (κ2) is 5.67. The predicted molar refractivity (Wildman–Crippen MR) is 65.3 cm³/mol. The van der Waals surface area contributed by atoms with Crippen LogP contribution in [0.25, 0.3) is 0 Å². The fourth-order valence-corrected chi connectivity index (χ4v) is 3.50. The number of hydrogen-bond acceptors (Lipinski definition) is 6. The van der Waals surface area contributed by atoms with Gasteiger partial charge in [0, 0.05) is 11.8 Å². The van der Waals surface area contributed by atoms with Crippen molar-refractivity contribution >= 4 is 28.2 Å². The molecular formula is C9H16N4S2. The summed E-state index contributed by atoms with van der Waals surface area (Å²) in [6.07, 6.45) is 5.23. The van der Waals surface area contributed by atoms with Crippen molar-refractivity contribution in [1.29, 1.82) is 0 Å². The summed E-state index contributed by atoms with van der Waals surface area (Å²) >= 11 is 3.23. The first kappa shape index (κ1) is 11.2. The molecule has 2 rings (SSSR count). The minimum atomic E-state index is 0.563. The van der Waals surface area contributed by atoms with Gasteiger partial charge in [0.2, 0.25) is 5.13 Å². The fraction of sp³-hybridized carbons (Fsp3) is 0.778. The Morgan fingerprint density at radius 1 is 1.47 bits per heavy atom. The highest BCUT2D eigenvalue weighted by molar-refractivity contribution is 8.01. The average molecular weight is 244 g/mol. The van der Waals surface area contributed by atoms with Crippen LogP contribution < -0.4 is 11.1 Å². The zero-order valence-corrected chi connectivity index (χ0v) is 10.2. The van der Waals surface area contributed by atoms with Gasteiger partial charge in [0.1, 0.15) is 0 Å². The molecule has 0 saturated carbocycles. The monoisotopic (exact) mass is 244 g/mol. The number of nitrogens with zero attached hydrogens (tertiary/aromatic N) is 2. The van der Waals surface area contributed by atoms with Gasteiger partial charge in [-0.3, -0.25) is 0 Å². The molecule has 0 aliphatic carbocycles. The van der Waals surface area contributed by atoms with Gasteiger partial charge < -0.3 is 11.1 Å². The van der Waals surface area contributed by atoms with E-state index in [1.165, 1.54) is 43.6 Å². The molecule has 0 spiro atoms. The van der Waals surface area contributed by atoms with E-state index < -0.39 is 0 Å². The first-order valence-corrected chi connectivity index (χ1v) is 7.10. The molecule has 15 heavy (non-hydrogen) atoms. The Morgan fingerprint density at radius 2 is 2.40 bits per heavy atom. The van der Waals surface area contributed by atoms with Crippen LogP contribution in [0.2, 0.25) is 0 Å². The Morgan fingerprint density at radius 3 is 3.07 bits per heavy atom. The van der Waals surface area contributed by atoms with E-state index in [2.05, 4.69) is 15.5 Å². The summed E-state index contributed by atoms with van der Waals surface area (Å²) in [6.45, 7) is 1.18. The minimum Gasteiger partial charge on any atom is -0.374 e. The van der Waals surface area contributed by atoms with Crippen molar-refractivity contribution in [2.24, 2.45) is 0 Å². The highest BCUT2D eigenvalue weighted by Gasteiger charge is 2.12. The lowest BCUT2D eigenvalue weighted by Crippen LogP contribution is -2.34. The lowest BCUT2D eigenvalue weighted by atomic mass is 10.0. The van der Waals surface area contributed by atoms with Gasteiger partial charge in [-0.2, -0.15) is 0 Å². The van der Waals surface area contributed by atoms with Crippen molar-refractivity contribution in [1.82, 2.24) is 15.5 Å². The van der Waals surface area contributed by atoms with Gasteiger partial charge in [0.25, 0.3) is 0 Å². The van der Waals surface area contributed by atoms with Gasteiger partial charge in [-0.25, -0.2) is 0 Å². The van der Waals surface area contributed by atoms with Gasteiger partial charge >= 0.3 is 0 Å². The zero-order valence-electron chi connectivity index (χ0n) is 8.61. The molecule has 1 aliphatic rings. The fourth-order valence-electron chi connectivity index (χ4n) is 1.74. The van der Waals surface area contributed by atoms with E-state index in [-0.39, 0.29) is 0 Å². The smallest absolute Gasteiger partial charge is 0.203 e. The molecule has 4 nitrogen and oxygen atoms in total. The zero-order chi connectivity index (χ0) is 10.5. The van der Waals surface area contributed by atoms with Gasteiger partial charge in [0.15, 0.2) is 4.34 Å². The van der Waals surface area contributed by atoms with Crippen LogP contribution >= 0.6 is 23.1 Å². The first-order valence-electron chi connectivity index (χ1n) is 5.30. The third kappa shape index (κ3) is 3.62. The lowest BCUT2D eigenvalue weighted by Gasteiger charge is -2.22. The van der Waals surface area contributed by atoms with E-state index in [0.717, 1.165) is 10.1 Å². The highest BCUT2D eigenvalue weighted by Crippen LogP contribution is 2.25. The molecule has 0 aromatic carbocycles. The molecule has 1 atom stereocenters. The normalized spacial score (nSPS) is 21.7. The number of nitrogens with one attached hydrogen (secondary N) is 1. The van der Waals surface area contributed by atoms with E-state index in [0.29, 0.717) is 11.2 Å². The molecule has 1 fully saturated rings. The summed E-state index contributed by atoms with van der Waals surface area (Å²) in [5.74, 6) is 1.10. The minimum absolute atomic E-state index is 0.563. The second-order valence-corrected chi connectivity index (χ2v) is 6.04. The van der Waals surface area contributed by atoms with Crippen LogP contribution in [0.3, 0.4) is 0 Å². The molecule has 1 saturated heterocycles. The van der Waals surface area contributed by atoms with Crippen LogP contribution in [0.1, 0.15) is 25.7 Å². The number of aromatic nitrogens is 2. The molecule has 0 amide bonds. The Labute approximate surface area is 98.0 Å². The van der Waals surface area contributed by atoms with Crippen LogP contribution in [0.4, 0.5) is 5.13 Å². The molecule has 1 aromatic heterocycles. The van der Waals surface area contributed by atoms with Crippen LogP contribution in [0.5, 0.6) is 0 Å². The largest absolute Gasteiger partial charge is 0.374 e. The second-order valence-electron chi connectivity index (χ2n) is 3.69. The summed E-state index contributed by atoms with van der Waals surface area (Å²) < 4.78 is 0.989. The number of nitrogens with two attached hydrogens (primary N) is 1. The van der Waals surface area contributed by atoms with E-state index in [1.807, 2.05) is 0 Å². The molecule has 3 N–H and O–H groups in total. The van der Waals surface area contributed by atoms with Gasteiger partial charge in [0.05, 0.1) is 0 Å². The van der Waals surface area contributed by atoms with Crippen LogP contribution in [-0.2, 0) is 0 Å². The molecule has 1 aliphatic heterocycles. The SMILES string of the molecule is Nc1nnc(SCCC2CCCCN2)s1. The Bertz CT molecular complexity index is 296. The van der Waals surface area contributed by atoms with E-state index in [4.69, 9.17) is 5.73 Å². The average Bonchev–Trinajstić information content (AvgIpc) is 2.66. The van der Waals surface area contributed by atoms with E-state index in [1.54, 1.807) is 11.8 Å². The van der Waals surface area contributed by atoms with E-state index >= 15 is 0 Å². The van der Waals surface area contributed by atoms with Crippen molar-refractivity contribution in [3.63, 3.8) is 0 Å². The van der Waals surface area contributed by atoms with Gasteiger partial charge in [-0.1, -0.05) is 29.5 Å². The Kier molecular flexibility index (Phi) is 4.22. The number of rotatable bonds is 4. The maximum atomic E-state index is 5.51. The van der Waals surface area contributed by atoms with Crippen LogP contribution in [0, 0.1) is 0 Å². The number of anilines is 1. The lowest BCUT2D eigenvalue weighted by molar-refractivity contribution is 0.395. The number of hydrogen-bond donors (Lipinski definition) is 2. The summed E-state index contributed by atoms with van der Waals surface area (Å²) in [6, 6.07) is 0.705. The third-order valence-corrected chi connectivity index (χ3v) is 4.45. The van der Waals surface area contributed by atoms with Gasteiger partial charge in [-0.05, 0) is 25.8 Å². The molecule has 1 unspecified atom stereocenters. The Balaban J connectivity index is 1.65. The number of piperidine rings is 1. The summed E-state index contributed by atoms with van der Waals surface area (Å²) in [5, 5.41) is 11.9. The highest BCUT2D eigenvalue weighted by atomic mass is 32.2. The maximum absolute atomic E-state index is 5.51. The van der Waals surface area contributed by atoms with Crippen LogP contribution in [0.15, 0.2) is 4.34 Å². The van der Waals surface area contributed by atoms with Crippen molar-refractivity contribution in [2.75, 3.05) is 18.0 Å². The molecule has 6 heteroatoms. The van der Waals surface area contributed by atoms with Crippen molar-refractivity contribution in [3.8, 4) is 0 Å². The third-order valence-electron chi connectivity index (χ3n) is 2.53. The maximum Gasteiger partial charge on any atom is 0.203 e. The number of thioether (sulfide) groups is 1. The summed E-state index contributed by atoms with van der Waals surface area (Å²) in [5.41, 5.74) is 5.51.